The molecular weight excluding hydrogens is 332 g/mol. The molecule has 1 aliphatic heterocycles. The van der Waals surface area contributed by atoms with E-state index < -0.39 is 0 Å². The van der Waals surface area contributed by atoms with E-state index in [1.807, 2.05) is 16.2 Å². The smallest absolute Gasteiger partial charge is 0.253 e. The lowest BCUT2D eigenvalue weighted by molar-refractivity contribution is 0.0705. The molecule has 132 valence electrons. The largest absolute Gasteiger partial charge is 0.339 e. The average Bonchev–Trinajstić information content (AvgIpc) is 3.24. The van der Waals surface area contributed by atoms with Gasteiger partial charge in [0.25, 0.3) is 5.91 Å². The van der Waals surface area contributed by atoms with E-state index in [0.29, 0.717) is 6.04 Å². The van der Waals surface area contributed by atoms with Crippen LogP contribution in [-0.2, 0) is 19.3 Å². The maximum absolute atomic E-state index is 12.4. The van der Waals surface area contributed by atoms with Crippen LogP contribution in [0.2, 0.25) is 0 Å². The van der Waals surface area contributed by atoms with Gasteiger partial charge in [0.2, 0.25) is 0 Å². The zero-order chi connectivity index (χ0) is 17.1. The predicted octanol–water partition coefficient (Wildman–Crippen LogP) is 2.46. The molecule has 0 unspecified atom stereocenters. The number of aryl methyl sites for hydroxylation is 2. The summed E-state index contributed by atoms with van der Waals surface area (Å²) in [5.41, 5.74) is 2.08. The minimum absolute atomic E-state index is 0.123. The van der Waals surface area contributed by atoms with E-state index in [2.05, 4.69) is 10.3 Å². The molecule has 2 aliphatic rings. The number of amides is 1. The van der Waals surface area contributed by atoms with Gasteiger partial charge in [0, 0.05) is 54.9 Å². The van der Waals surface area contributed by atoms with Crippen molar-refractivity contribution in [3.05, 3.63) is 45.7 Å². The Hall–Kier alpha value is -1.79. The molecule has 4 rings (SSSR count). The van der Waals surface area contributed by atoms with Gasteiger partial charge < -0.3 is 10.2 Å². The molecule has 1 saturated heterocycles. The van der Waals surface area contributed by atoms with Crippen molar-refractivity contribution in [2.75, 3.05) is 19.6 Å². The summed E-state index contributed by atoms with van der Waals surface area (Å²) in [7, 11) is 0. The molecule has 0 saturated carbocycles. The Morgan fingerprint density at radius 3 is 2.80 bits per heavy atom. The average molecular weight is 356 g/mol. The third kappa shape index (κ3) is 3.90. The number of hydrogen-bond donors (Lipinski definition) is 1. The molecule has 2 aromatic heterocycles. The number of aromatic nitrogens is 2. The van der Waals surface area contributed by atoms with Crippen molar-refractivity contribution in [1.29, 1.82) is 0 Å². The lowest BCUT2D eigenvalue weighted by atomic mass is 10.0. The Bertz CT molecular complexity index is 701. The SMILES string of the molecule is O=C(c1ccncc1)N1CCC(NCCc2nc3c(s2)CCC3)CC1. The standard InChI is InChI=1S/C19H24N4OS/c24-19(14-4-9-20-10-5-14)23-12-7-15(8-13-23)21-11-6-18-22-16-2-1-3-17(16)25-18/h4-5,9-10,15,21H,1-3,6-8,11-13H2. The molecular formula is C19H24N4OS. The van der Waals surface area contributed by atoms with Crippen LogP contribution >= 0.6 is 11.3 Å². The van der Waals surface area contributed by atoms with E-state index in [1.54, 1.807) is 24.5 Å². The van der Waals surface area contributed by atoms with Crippen LogP contribution in [0.1, 0.15) is 45.2 Å². The van der Waals surface area contributed by atoms with E-state index >= 15 is 0 Å². The fourth-order valence-electron chi connectivity index (χ4n) is 3.70. The summed E-state index contributed by atoms with van der Waals surface area (Å²) in [5.74, 6) is 0.123. The van der Waals surface area contributed by atoms with E-state index in [9.17, 15) is 4.79 Å². The number of piperidine rings is 1. The quantitative estimate of drug-likeness (QED) is 0.894. The monoisotopic (exact) mass is 356 g/mol. The normalized spacial score (nSPS) is 17.7. The molecule has 6 heteroatoms. The number of nitrogens with one attached hydrogen (secondary N) is 1. The number of carbonyl (C=O) groups excluding carboxylic acids is 1. The number of likely N-dealkylation sites (tertiary alicyclic amines) is 1. The van der Waals surface area contributed by atoms with Gasteiger partial charge in [-0.05, 0) is 44.2 Å². The summed E-state index contributed by atoms with van der Waals surface area (Å²) in [5, 5.41) is 4.93. The molecule has 0 bridgehead atoms. The van der Waals surface area contributed by atoms with E-state index in [1.165, 1.54) is 34.8 Å². The second kappa shape index (κ2) is 7.62. The van der Waals surface area contributed by atoms with Crippen molar-refractivity contribution >= 4 is 17.2 Å². The Morgan fingerprint density at radius 1 is 1.24 bits per heavy atom. The van der Waals surface area contributed by atoms with Gasteiger partial charge in [-0.2, -0.15) is 0 Å². The van der Waals surface area contributed by atoms with Crippen molar-refractivity contribution in [2.45, 2.75) is 44.6 Å². The Labute approximate surface area is 152 Å². The van der Waals surface area contributed by atoms with Crippen molar-refractivity contribution in [2.24, 2.45) is 0 Å². The molecule has 0 atom stereocenters. The Morgan fingerprint density at radius 2 is 2.04 bits per heavy atom. The highest BCUT2D eigenvalue weighted by Crippen LogP contribution is 2.27. The number of carbonyl (C=O) groups is 1. The van der Waals surface area contributed by atoms with Crippen LogP contribution in [0.5, 0.6) is 0 Å². The van der Waals surface area contributed by atoms with E-state index in [-0.39, 0.29) is 5.91 Å². The first kappa shape index (κ1) is 16.7. The van der Waals surface area contributed by atoms with Gasteiger partial charge in [0.15, 0.2) is 0 Å². The third-order valence-corrected chi connectivity index (χ3v) is 6.34. The molecule has 1 fully saturated rings. The molecule has 5 nitrogen and oxygen atoms in total. The van der Waals surface area contributed by atoms with Gasteiger partial charge in [0.05, 0.1) is 10.7 Å². The van der Waals surface area contributed by atoms with Crippen LogP contribution in [0, 0.1) is 0 Å². The van der Waals surface area contributed by atoms with Crippen LogP contribution in [0.3, 0.4) is 0 Å². The molecule has 1 amide bonds. The van der Waals surface area contributed by atoms with Crippen LogP contribution < -0.4 is 5.32 Å². The number of thiazole rings is 1. The van der Waals surface area contributed by atoms with Crippen molar-refractivity contribution in [3.63, 3.8) is 0 Å². The second-order valence-electron chi connectivity index (χ2n) is 6.84. The number of hydrogen-bond acceptors (Lipinski definition) is 5. The predicted molar refractivity (Wildman–Crippen MR) is 99.0 cm³/mol. The van der Waals surface area contributed by atoms with E-state index in [4.69, 9.17) is 4.98 Å². The number of pyridine rings is 1. The maximum atomic E-state index is 12.4. The highest BCUT2D eigenvalue weighted by Gasteiger charge is 2.23. The molecule has 0 aromatic carbocycles. The number of rotatable bonds is 5. The summed E-state index contributed by atoms with van der Waals surface area (Å²) >= 11 is 1.90. The number of nitrogens with zero attached hydrogens (tertiary/aromatic N) is 3. The van der Waals surface area contributed by atoms with Crippen LogP contribution in [0.25, 0.3) is 0 Å². The molecule has 25 heavy (non-hydrogen) atoms. The molecule has 2 aromatic rings. The number of fused-ring (bicyclic) bond motifs is 1. The van der Waals surface area contributed by atoms with Crippen molar-refractivity contribution < 1.29 is 4.79 Å². The Balaban J connectivity index is 1.20. The van der Waals surface area contributed by atoms with Gasteiger partial charge in [-0.3, -0.25) is 9.78 Å². The zero-order valence-corrected chi connectivity index (χ0v) is 15.2. The lowest BCUT2D eigenvalue weighted by Gasteiger charge is -2.32. The fourth-order valence-corrected chi connectivity index (χ4v) is 4.85. The van der Waals surface area contributed by atoms with Gasteiger partial charge in [0.1, 0.15) is 0 Å². The minimum atomic E-state index is 0.123. The van der Waals surface area contributed by atoms with Crippen LogP contribution in [0.4, 0.5) is 0 Å². The highest BCUT2D eigenvalue weighted by molar-refractivity contribution is 7.11. The highest BCUT2D eigenvalue weighted by atomic mass is 32.1. The summed E-state index contributed by atoms with van der Waals surface area (Å²) in [4.78, 5) is 24.7. The summed E-state index contributed by atoms with van der Waals surface area (Å²) < 4.78 is 0. The first-order valence-corrected chi connectivity index (χ1v) is 10.0. The van der Waals surface area contributed by atoms with Gasteiger partial charge in [-0.25, -0.2) is 4.98 Å². The van der Waals surface area contributed by atoms with Crippen LogP contribution in [0.15, 0.2) is 24.5 Å². The molecule has 3 heterocycles. The zero-order valence-electron chi connectivity index (χ0n) is 14.4. The molecule has 1 aliphatic carbocycles. The first-order chi connectivity index (χ1) is 12.3. The minimum Gasteiger partial charge on any atom is -0.339 e. The molecule has 0 radical (unpaired) electrons. The van der Waals surface area contributed by atoms with Gasteiger partial charge in [-0.1, -0.05) is 0 Å². The topological polar surface area (TPSA) is 58.1 Å². The maximum Gasteiger partial charge on any atom is 0.253 e. The third-order valence-electron chi connectivity index (χ3n) is 5.12. The summed E-state index contributed by atoms with van der Waals surface area (Å²) in [6.07, 6.45) is 10.1. The Kier molecular flexibility index (Phi) is 5.08. The van der Waals surface area contributed by atoms with Crippen molar-refractivity contribution in [1.82, 2.24) is 20.2 Å². The summed E-state index contributed by atoms with van der Waals surface area (Å²) in [6, 6.07) is 4.09. The fraction of sp³-hybridized carbons (Fsp3) is 0.526. The lowest BCUT2D eigenvalue weighted by Crippen LogP contribution is -2.45. The molecule has 0 spiro atoms. The first-order valence-electron chi connectivity index (χ1n) is 9.20. The summed E-state index contributed by atoms with van der Waals surface area (Å²) in [6.45, 7) is 2.63. The van der Waals surface area contributed by atoms with E-state index in [0.717, 1.165) is 44.5 Å². The van der Waals surface area contributed by atoms with Crippen LogP contribution in [-0.4, -0.2) is 46.5 Å². The molecule has 1 N–H and O–H groups in total. The second-order valence-corrected chi connectivity index (χ2v) is 8.01. The van der Waals surface area contributed by atoms with Gasteiger partial charge >= 0.3 is 0 Å². The van der Waals surface area contributed by atoms with Crippen molar-refractivity contribution in [3.8, 4) is 0 Å². The van der Waals surface area contributed by atoms with Gasteiger partial charge in [-0.15, -0.1) is 11.3 Å².